The highest BCUT2D eigenvalue weighted by atomic mass is 16.5. The minimum atomic E-state index is -0.683. The number of aliphatic hydroxyl groups is 1. The number of aromatic amines is 1. The molecule has 1 aliphatic rings. The second-order valence-electron chi connectivity index (χ2n) is 5.21. The maximum absolute atomic E-state index is 11.4. The number of pyridine rings is 1. The highest BCUT2D eigenvalue weighted by molar-refractivity contribution is 5.87. The van der Waals surface area contributed by atoms with E-state index in [1.54, 1.807) is 12.1 Å². The monoisotopic (exact) mass is 290 g/mol. The van der Waals surface area contributed by atoms with Crippen molar-refractivity contribution in [3.63, 3.8) is 0 Å². The van der Waals surface area contributed by atoms with E-state index in [1.807, 2.05) is 0 Å². The van der Waals surface area contributed by atoms with Gasteiger partial charge in [-0.2, -0.15) is 0 Å². The predicted molar refractivity (Wildman–Crippen MR) is 78.5 cm³/mol. The third kappa shape index (κ3) is 2.92. The van der Waals surface area contributed by atoms with Gasteiger partial charge in [-0.1, -0.05) is 6.07 Å². The molecule has 21 heavy (non-hydrogen) atoms. The first-order valence-electron chi connectivity index (χ1n) is 6.98. The van der Waals surface area contributed by atoms with Crippen LogP contribution in [0.1, 0.15) is 11.7 Å². The molecule has 1 atom stereocenters. The molecule has 0 amide bonds. The lowest BCUT2D eigenvalue weighted by atomic mass is 10.0. The number of fused-ring (bicyclic) bond motifs is 1. The highest BCUT2D eigenvalue weighted by Crippen LogP contribution is 2.29. The van der Waals surface area contributed by atoms with E-state index in [-0.39, 0.29) is 11.3 Å². The van der Waals surface area contributed by atoms with Crippen LogP contribution in [-0.2, 0) is 4.74 Å². The van der Waals surface area contributed by atoms with Crippen molar-refractivity contribution in [2.24, 2.45) is 0 Å². The number of aromatic nitrogens is 1. The number of H-pyrrole nitrogens is 1. The summed E-state index contributed by atoms with van der Waals surface area (Å²) in [5.74, 6) is 0.00465. The van der Waals surface area contributed by atoms with E-state index in [0.717, 1.165) is 13.1 Å². The number of phenols is 1. The van der Waals surface area contributed by atoms with E-state index in [4.69, 9.17) is 4.74 Å². The van der Waals surface area contributed by atoms with Gasteiger partial charge in [0.1, 0.15) is 5.75 Å². The summed E-state index contributed by atoms with van der Waals surface area (Å²) in [5.41, 5.74) is 0.782. The van der Waals surface area contributed by atoms with Crippen LogP contribution in [0.5, 0.6) is 5.75 Å². The number of nitrogens with zero attached hydrogens (tertiary/aromatic N) is 1. The van der Waals surface area contributed by atoms with Gasteiger partial charge in [0.05, 0.1) is 24.8 Å². The number of β-amino-alcohol motifs (C(OH)–C–C–N with tert-alkyl or cyclic N) is 1. The minimum Gasteiger partial charge on any atom is -0.506 e. The lowest BCUT2D eigenvalue weighted by Gasteiger charge is -2.29. The molecule has 1 aromatic heterocycles. The SMILES string of the molecule is O=c1ccc2c(C(O)CN3CCOCC3)ccc(O)c2[nH]1. The van der Waals surface area contributed by atoms with Crippen LogP contribution in [0.2, 0.25) is 0 Å². The van der Waals surface area contributed by atoms with E-state index in [2.05, 4.69) is 9.88 Å². The average molecular weight is 290 g/mol. The summed E-state index contributed by atoms with van der Waals surface area (Å²) in [6.45, 7) is 3.45. The van der Waals surface area contributed by atoms with Crippen LogP contribution in [0.4, 0.5) is 0 Å². The zero-order valence-corrected chi connectivity index (χ0v) is 11.6. The average Bonchev–Trinajstić information content (AvgIpc) is 2.49. The fraction of sp³-hybridized carbons (Fsp3) is 0.400. The van der Waals surface area contributed by atoms with Crippen LogP contribution in [0.25, 0.3) is 10.9 Å². The van der Waals surface area contributed by atoms with Crippen LogP contribution >= 0.6 is 0 Å². The number of morpholine rings is 1. The summed E-state index contributed by atoms with van der Waals surface area (Å²) in [6, 6.07) is 6.22. The number of aliphatic hydroxyl groups excluding tert-OH is 1. The zero-order valence-electron chi connectivity index (χ0n) is 11.6. The van der Waals surface area contributed by atoms with E-state index < -0.39 is 6.10 Å². The summed E-state index contributed by atoms with van der Waals surface area (Å²) in [5, 5.41) is 21.0. The highest BCUT2D eigenvalue weighted by Gasteiger charge is 2.18. The molecule has 1 aliphatic heterocycles. The fourth-order valence-corrected chi connectivity index (χ4v) is 2.68. The number of aromatic hydroxyl groups is 1. The maximum Gasteiger partial charge on any atom is 0.248 e. The van der Waals surface area contributed by atoms with Crippen molar-refractivity contribution in [2.75, 3.05) is 32.8 Å². The zero-order chi connectivity index (χ0) is 14.8. The first kappa shape index (κ1) is 14.1. The van der Waals surface area contributed by atoms with Crippen molar-refractivity contribution in [3.05, 3.63) is 40.2 Å². The molecule has 1 saturated heterocycles. The molecule has 2 aromatic rings. The normalized spacial score (nSPS) is 18.0. The molecule has 0 radical (unpaired) electrons. The van der Waals surface area contributed by atoms with E-state index in [9.17, 15) is 15.0 Å². The topological polar surface area (TPSA) is 85.8 Å². The van der Waals surface area contributed by atoms with Crippen LogP contribution in [0.15, 0.2) is 29.1 Å². The molecule has 112 valence electrons. The summed E-state index contributed by atoms with van der Waals surface area (Å²) in [7, 11) is 0. The molecule has 0 spiro atoms. The Kier molecular flexibility index (Phi) is 3.92. The van der Waals surface area contributed by atoms with Crippen LogP contribution < -0.4 is 5.56 Å². The van der Waals surface area contributed by atoms with Gasteiger partial charge in [0, 0.05) is 31.1 Å². The van der Waals surface area contributed by atoms with Gasteiger partial charge in [-0.15, -0.1) is 0 Å². The molecule has 3 rings (SSSR count). The number of nitrogens with one attached hydrogen (secondary N) is 1. The number of benzene rings is 1. The number of rotatable bonds is 3. The van der Waals surface area contributed by atoms with Crippen LogP contribution in [0, 0.1) is 0 Å². The third-order valence-corrected chi connectivity index (χ3v) is 3.80. The van der Waals surface area contributed by atoms with Gasteiger partial charge in [0.2, 0.25) is 5.56 Å². The molecule has 3 N–H and O–H groups in total. The molecular formula is C15H18N2O4. The van der Waals surface area contributed by atoms with Gasteiger partial charge in [-0.3, -0.25) is 9.69 Å². The lowest BCUT2D eigenvalue weighted by Crippen LogP contribution is -2.38. The predicted octanol–water partition coefficient (Wildman–Crippen LogP) is 0.599. The second kappa shape index (κ2) is 5.85. The van der Waals surface area contributed by atoms with Crippen molar-refractivity contribution in [2.45, 2.75) is 6.10 Å². The molecule has 0 aliphatic carbocycles. The summed E-state index contributed by atoms with van der Waals surface area (Å²) in [6.07, 6.45) is -0.683. The van der Waals surface area contributed by atoms with E-state index >= 15 is 0 Å². The van der Waals surface area contributed by atoms with E-state index in [0.29, 0.717) is 36.2 Å². The van der Waals surface area contributed by atoms with Gasteiger partial charge in [0.25, 0.3) is 0 Å². The van der Waals surface area contributed by atoms with Gasteiger partial charge in [0.15, 0.2) is 0 Å². The van der Waals surface area contributed by atoms with Gasteiger partial charge < -0.3 is 19.9 Å². The standard InChI is InChI=1S/C15H18N2O4/c18-12-3-1-10(11-2-4-14(20)16-15(11)12)13(19)9-17-5-7-21-8-6-17/h1-4,13,18-19H,5-9H2,(H,16,20). The first-order valence-corrected chi connectivity index (χ1v) is 6.98. The second-order valence-corrected chi connectivity index (χ2v) is 5.21. The minimum absolute atomic E-state index is 0.00465. The number of hydrogen-bond acceptors (Lipinski definition) is 5. The molecular weight excluding hydrogens is 272 g/mol. The van der Waals surface area contributed by atoms with E-state index in [1.165, 1.54) is 12.1 Å². The molecule has 6 nitrogen and oxygen atoms in total. The Morgan fingerprint density at radius 3 is 2.76 bits per heavy atom. The fourth-order valence-electron chi connectivity index (χ4n) is 2.68. The number of ether oxygens (including phenoxy) is 1. The molecule has 0 bridgehead atoms. The Hall–Kier alpha value is -1.89. The third-order valence-electron chi connectivity index (χ3n) is 3.80. The van der Waals surface area contributed by atoms with Crippen molar-refractivity contribution in [1.29, 1.82) is 0 Å². The quantitative estimate of drug-likeness (QED) is 0.770. The molecule has 1 aromatic carbocycles. The van der Waals surface area contributed by atoms with Gasteiger partial charge >= 0.3 is 0 Å². The van der Waals surface area contributed by atoms with Gasteiger partial charge in [-0.25, -0.2) is 0 Å². The summed E-state index contributed by atoms with van der Waals surface area (Å²) in [4.78, 5) is 16.1. The summed E-state index contributed by atoms with van der Waals surface area (Å²) < 4.78 is 5.29. The van der Waals surface area contributed by atoms with Crippen molar-refractivity contribution < 1.29 is 14.9 Å². The van der Waals surface area contributed by atoms with Crippen LogP contribution in [0.3, 0.4) is 0 Å². The molecule has 2 heterocycles. The Morgan fingerprint density at radius 2 is 2.00 bits per heavy atom. The largest absolute Gasteiger partial charge is 0.506 e. The Labute approximate surface area is 121 Å². The molecule has 0 saturated carbocycles. The Bertz CT molecular complexity index is 692. The summed E-state index contributed by atoms with van der Waals surface area (Å²) >= 11 is 0. The molecule has 1 unspecified atom stereocenters. The Morgan fingerprint density at radius 1 is 1.24 bits per heavy atom. The van der Waals surface area contributed by atoms with Crippen molar-refractivity contribution in [1.82, 2.24) is 9.88 Å². The van der Waals surface area contributed by atoms with Crippen molar-refractivity contribution in [3.8, 4) is 5.75 Å². The van der Waals surface area contributed by atoms with Crippen molar-refractivity contribution >= 4 is 10.9 Å². The van der Waals surface area contributed by atoms with Crippen LogP contribution in [-0.4, -0.2) is 52.9 Å². The lowest BCUT2D eigenvalue weighted by molar-refractivity contribution is 0.0146. The maximum atomic E-state index is 11.4. The molecule has 1 fully saturated rings. The number of phenolic OH excluding ortho intramolecular Hbond substituents is 1. The Balaban J connectivity index is 1.92. The van der Waals surface area contributed by atoms with Gasteiger partial charge in [-0.05, 0) is 17.7 Å². The number of hydrogen-bond donors (Lipinski definition) is 3. The smallest absolute Gasteiger partial charge is 0.248 e. The molecule has 6 heteroatoms. The first-order chi connectivity index (χ1) is 10.1.